The number of hydrogen-bond acceptors (Lipinski definition) is 9. The third kappa shape index (κ3) is 19.0. The highest BCUT2D eigenvalue weighted by atomic mass is 19.4. The van der Waals surface area contributed by atoms with Crippen molar-refractivity contribution in [2.75, 3.05) is 12.3 Å². The minimum absolute atomic E-state index is 0.0187. The molecule has 0 bridgehead atoms. The van der Waals surface area contributed by atoms with Crippen molar-refractivity contribution in [1.82, 2.24) is 21.3 Å². The zero-order valence-electron chi connectivity index (χ0n) is 29.0. The maximum Gasteiger partial charge on any atom is 0.490 e. The van der Waals surface area contributed by atoms with Crippen LogP contribution in [0.25, 0.3) is 5.70 Å². The summed E-state index contributed by atoms with van der Waals surface area (Å²) in [5, 5.41) is 43.2. The zero-order chi connectivity index (χ0) is 41.9. The number of nitrogen functional groups attached to an aromatic ring is 2. The topological polar surface area (TPSA) is 265 Å². The number of carbonyl (C=O) groups is 4. The van der Waals surface area contributed by atoms with Gasteiger partial charge in [0, 0.05) is 47.7 Å². The summed E-state index contributed by atoms with van der Waals surface area (Å²) in [5.74, 6) is -6.01. The van der Waals surface area contributed by atoms with Crippen LogP contribution in [0, 0.1) is 5.41 Å². The zero-order valence-corrected chi connectivity index (χ0v) is 29.0. The highest BCUT2D eigenvalue weighted by molar-refractivity contribution is 5.96. The van der Waals surface area contributed by atoms with Gasteiger partial charge in [-0.05, 0) is 55.3 Å². The number of alkyl halides is 6. The lowest BCUT2D eigenvalue weighted by molar-refractivity contribution is -0.193. The molecule has 0 aliphatic heterocycles. The van der Waals surface area contributed by atoms with E-state index in [4.69, 9.17) is 36.7 Å². The lowest BCUT2D eigenvalue weighted by Gasteiger charge is -2.14. The van der Waals surface area contributed by atoms with Crippen LogP contribution in [0.5, 0.6) is 5.75 Å². The second-order valence-electron chi connectivity index (χ2n) is 11.1. The van der Waals surface area contributed by atoms with E-state index in [0.717, 1.165) is 11.1 Å². The first-order valence-corrected chi connectivity index (χ1v) is 15.5. The third-order valence-corrected chi connectivity index (χ3v) is 6.25. The lowest BCUT2D eigenvalue weighted by Crippen LogP contribution is -2.33. The van der Waals surface area contributed by atoms with E-state index in [0.29, 0.717) is 34.6 Å². The van der Waals surface area contributed by atoms with Crippen LogP contribution in [0.15, 0.2) is 77.9 Å². The van der Waals surface area contributed by atoms with Crippen LogP contribution >= 0.6 is 0 Å². The number of carboxylic acids is 2. The largest absolute Gasteiger partial charge is 0.508 e. The van der Waals surface area contributed by atoms with Gasteiger partial charge in [-0.15, -0.1) is 0 Å². The number of aromatic hydroxyl groups is 1. The first-order chi connectivity index (χ1) is 25.5. The van der Waals surface area contributed by atoms with Gasteiger partial charge in [-0.1, -0.05) is 36.4 Å². The number of phenols is 1. The van der Waals surface area contributed by atoms with Gasteiger partial charge >= 0.3 is 24.3 Å². The highest BCUT2D eigenvalue weighted by Crippen LogP contribution is 2.19. The molecule has 0 saturated carbocycles. The number of hydrogen-bond donors (Lipinski definition) is 10. The van der Waals surface area contributed by atoms with Crippen LogP contribution in [0.2, 0.25) is 0 Å². The van der Waals surface area contributed by atoms with Crippen molar-refractivity contribution in [2.45, 2.75) is 45.3 Å². The first kappa shape index (κ1) is 46.2. The number of halogens is 6. The monoisotopic (exact) mass is 784 g/mol. The van der Waals surface area contributed by atoms with Crippen molar-refractivity contribution >= 4 is 47.3 Å². The molecule has 21 heteroatoms. The predicted molar refractivity (Wildman–Crippen MR) is 190 cm³/mol. The summed E-state index contributed by atoms with van der Waals surface area (Å²) in [6.45, 7) is 4.37. The van der Waals surface area contributed by atoms with E-state index in [-0.39, 0.29) is 42.5 Å². The number of nitrogens with one attached hydrogen (secondary N) is 5. The van der Waals surface area contributed by atoms with E-state index >= 15 is 0 Å². The molecule has 0 unspecified atom stereocenters. The number of amides is 2. The van der Waals surface area contributed by atoms with Gasteiger partial charge in [0.15, 0.2) is 0 Å². The smallest absolute Gasteiger partial charge is 0.490 e. The van der Waals surface area contributed by atoms with Crippen molar-refractivity contribution in [3.05, 3.63) is 101 Å². The number of rotatable bonds is 13. The number of phenolic OH excluding ortho intramolecular Hbond substituents is 1. The Balaban J connectivity index is 0.000000913. The predicted octanol–water partition coefficient (Wildman–Crippen LogP) is 3.69. The first-order valence-electron chi connectivity index (χ1n) is 15.5. The molecular weight excluding hydrogens is 746 g/mol. The van der Waals surface area contributed by atoms with Crippen molar-refractivity contribution in [1.29, 1.82) is 5.41 Å². The Bertz CT molecular complexity index is 1820. The summed E-state index contributed by atoms with van der Waals surface area (Å²) in [7, 11) is 0. The Morgan fingerprint density at radius 1 is 0.800 bits per heavy atom. The molecule has 3 aromatic carbocycles. The number of anilines is 1. The van der Waals surface area contributed by atoms with E-state index in [1.165, 1.54) is 0 Å². The summed E-state index contributed by atoms with van der Waals surface area (Å²) in [4.78, 5) is 47.6. The SMILES string of the molecule is CC(C)N=CN/C=C(\NCC(=O)NCc1ccc(C(=N)N)cc1)c1cc(N)cc(C(=O)NCc2cccc(O)c2)c1.O=C(O)C(F)(F)F.O=C(O)C(F)(F)F. The molecule has 3 rings (SSSR count). The fourth-order valence-corrected chi connectivity index (χ4v) is 3.68. The molecule has 0 atom stereocenters. The summed E-state index contributed by atoms with van der Waals surface area (Å²) in [5.41, 5.74) is 15.7. The van der Waals surface area contributed by atoms with Gasteiger partial charge in [0.2, 0.25) is 5.91 Å². The number of aliphatic imine (C=N–C) groups is 1. The number of amidine groups is 1. The standard InChI is InChI=1S/C30H36N8O3.2C2HF3O2/c1-19(2)38-18-34-16-27(35-17-28(40)36-14-20-6-8-22(9-7-20)29(32)33)23-11-24(13-25(31)12-23)30(41)37-15-21-4-3-5-26(39)10-21;2*3-2(4,5)1(6)7/h3-13,16,18-19,35,39H,14-15,17,31H2,1-2H3,(H3,32,33)(H,34,38)(H,36,40)(H,37,41);2*(H,6,7)/b27-16-;;. The number of nitrogens with zero attached hydrogens (tertiary/aromatic N) is 1. The Labute approximate surface area is 309 Å². The van der Waals surface area contributed by atoms with E-state index < -0.39 is 24.3 Å². The Hall–Kier alpha value is -6.80. The molecule has 0 spiro atoms. The molecule has 12 N–H and O–H groups in total. The minimum atomic E-state index is -5.08. The molecule has 15 nitrogen and oxygen atoms in total. The number of carboxylic acid groups (broad SMARTS) is 2. The summed E-state index contributed by atoms with van der Waals surface area (Å²) in [6.07, 6.45) is -6.98. The van der Waals surface area contributed by atoms with Gasteiger partial charge in [-0.3, -0.25) is 20.0 Å². The average Bonchev–Trinajstić information content (AvgIpc) is 3.08. The lowest BCUT2D eigenvalue weighted by atomic mass is 10.1. The second kappa shape index (κ2) is 21.7. The van der Waals surface area contributed by atoms with E-state index in [9.17, 15) is 41.0 Å². The van der Waals surface area contributed by atoms with Crippen LogP contribution in [-0.2, 0) is 27.5 Å². The molecular formula is C34H38F6N8O7. The van der Waals surface area contributed by atoms with Crippen LogP contribution in [-0.4, -0.2) is 76.2 Å². The maximum absolute atomic E-state index is 12.9. The van der Waals surface area contributed by atoms with E-state index in [2.05, 4.69) is 26.3 Å². The second-order valence-corrected chi connectivity index (χ2v) is 11.1. The van der Waals surface area contributed by atoms with Crippen molar-refractivity contribution in [3.63, 3.8) is 0 Å². The average molecular weight is 785 g/mol. The molecule has 0 heterocycles. The van der Waals surface area contributed by atoms with E-state index in [1.807, 2.05) is 13.8 Å². The van der Waals surface area contributed by atoms with Crippen molar-refractivity contribution in [2.24, 2.45) is 10.7 Å². The van der Waals surface area contributed by atoms with Crippen molar-refractivity contribution < 1.29 is 60.8 Å². The Kier molecular flexibility index (Phi) is 18.2. The maximum atomic E-state index is 12.9. The van der Waals surface area contributed by atoms with Gasteiger partial charge in [-0.2, -0.15) is 26.3 Å². The van der Waals surface area contributed by atoms with Crippen LogP contribution < -0.4 is 32.7 Å². The Morgan fingerprint density at radius 2 is 1.35 bits per heavy atom. The minimum Gasteiger partial charge on any atom is -0.508 e. The third-order valence-electron chi connectivity index (χ3n) is 6.25. The number of nitrogens with two attached hydrogens (primary N) is 2. The molecule has 0 radical (unpaired) electrons. The molecule has 55 heavy (non-hydrogen) atoms. The molecule has 3 aromatic rings. The fraction of sp³-hybridized carbons (Fsp3) is 0.235. The molecule has 0 aromatic heterocycles. The van der Waals surface area contributed by atoms with Gasteiger partial charge in [0.25, 0.3) is 5.91 Å². The van der Waals surface area contributed by atoms with Crippen LogP contribution in [0.4, 0.5) is 32.0 Å². The van der Waals surface area contributed by atoms with Crippen LogP contribution in [0.3, 0.4) is 0 Å². The van der Waals surface area contributed by atoms with Crippen molar-refractivity contribution in [3.8, 4) is 5.75 Å². The van der Waals surface area contributed by atoms with Gasteiger partial charge < -0.3 is 48.1 Å². The molecule has 0 fully saturated rings. The van der Waals surface area contributed by atoms with E-state index in [1.54, 1.807) is 79.3 Å². The molecule has 0 aliphatic rings. The van der Waals surface area contributed by atoms with Crippen LogP contribution in [0.1, 0.15) is 46.5 Å². The quantitative estimate of drug-likeness (QED) is 0.0517. The number of carbonyl (C=O) groups excluding carboxylic acids is 2. The van der Waals surface area contributed by atoms with Gasteiger partial charge in [-0.25, -0.2) is 9.59 Å². The molecule has 2 amide bonds. The normalized spacial score (nSPS) is 11.3. The number of aliphatic carboxylic acids is 2. The molecule has 0 aliphatic carbocycles. The number of benzene rings is 3. The fourth-order valence-electron chi connectivity index (χ4n) is 3.68. The van der Waals surface area contributed by atoms with Gasteiger partial charge in [0.1, 0.15) is 11.6 Å². The molecule has 0 saturated heterocycles. The van der Waals surface area contributed by atoms with Gasteiger partial charge in [0.05, 0.1) is 18.6 Å². The molecule has 298 valence electrons. The highest BCUT2D eigenvalue weighted by Gasteiger charge is 2.38. The summed E-state index contributed by atoms with van der Waals surface area (Å²) < 4.78 is 63.5. The summed E-state index contributed by atoms with van der Waals surface area (Å²) in [6, 6.07) is 18.7. The Morgan fingerprint density at radius 3 is 1.85 bits per heavy atom. The summed E-state index contributed by atoms with van der Waals surface area (Å²) >= 11 is 0.